The van der Waals surface area contributed by atoms with Gasteiger partial charge in [0, 0.05) is 19.1 Å². The van der Waals surface area contributed by atoms with Crippen LogP contribution in [0.3, 0.4) is 0 Å². The van der Waals surface area contributed by atoms with E-state index in [1.165, 1.54) is 6.42 Å². The number of nitrogens with zero attached hydrogens (tertiary/aromatic N) is 1. The lowest BCUT2D eigenvalue weighted by Crippen LogP contribution is -2.49. The second-order valence-electron chi connectivity index (χ2n) is 3.31. The van der Waals surface area contributed by atoms with E-state index in [1.54, 1.807) is 0 Å². The van der Waals surface area contributed by atoms with E-state index < -0.39 is 0 Å². The maximum absolute atomic E-state index is 3.49. The van der Waals surface area contributed by atoms with Gasteiger partial charge in [-0.3, -0.25) is 15.5 Å². The van der Waals surface area contributed by atoms with Crippen molar-refractivity contribution < 1.29 is 0 Å². The summed E-state index contributed by atoms with van der Waals surface area (Å²) < 4.78 is 0. The lowest BCUT2D eigenvalue weighted by molar-refractivity contribution is 0.227. The molecule has 2 atom stereocenters. The van der Waals surface area contributed by atoms with Crippen molar-refractivity contribution in [3.05, 3.63) is 0 Å². The van der Waals surface area contributed by atoms with Crippen LogP contribution in [0, 0.1) is 0 Å². The Labute approximate surface area is 69.1 Å². The van der Waals surface area contributed by atoms with Crippen molar-refractivity contribution >= 4 is 0 Å². The Hall–Kier alpha value is -0.120. The molecule has 1 saturated heterocycles. The van der Waals surface area contributed by atoms with E-state index in [-0.39, 0.29) is 0 Å². The Morgan fingerprint density at radius 1 is 1.73 bits per heavy atom. The first-order valence-corrected chi connectivity index (χ1v) is 4.43. The average molecular weight is 157 g/mol. The molecule has 0 amide bonds. The summed E-state index contributed by atoms with van der Waals surface area (Å²) in [5.41, 5.74) is 0. The van der Waals surface area contributed by atoms with Crippen LogP contribution in [0.5, 0.6) is 0 Å². The van der Waals surface area contributed by atoms with Gasteiger partial charge in [-0.25, -0.2) is 0 Å². The van der Waals surface area contributed by atoms with Gasteiger partial charge < -0.3 is 0 Å². The smallest absolute Gasteiger partial charge is 0.114 e. The molecule has 1 aliphatic heterocycles. The molecular formula is C8H19N3. The van der Waals surface area contributed by atoms with Crippen LogP contribution in [0.1, 0.15) is 20.3 Å². The van der Waals surface area contributed by atoms with E-state index in [2.05, 4.69) is 36.4 Å². The van der Waals surface area contributed by atoms with Gasteiger partial charge in [0.25, 0.3) is 0 Å². The number of likely N-dealkylation sites (N-methyl/N-ethyl adjacent to an activating group) is 1. The normalized spacial score (nSPS) is 29.2. The number of hydrogen-bond acceptors (Lipinski definition) is 3. The molecule has 0 saturated carbocycles. The molecule has 11 heavy (non-hydrogen) atoms. The molecular weight excluding hydrogens is 138 g/mol. The molecule has 2 unspecified atom stereocenters. The Balaban J connectivity index is 2.24. The molecule has 3 nitrogen and oxygen atoms in total. The second kappa shape index (κ2) is 4.04. The third-order valence-electron chi connectivity index (χ3n) is 2.30. The average Bonchev–Trinajstić information content (AvgIpc) is 2.37. The van der Waals surface area contributed by atoms with Crippen molar-refractivity contribution in [1.29, 1.82) is 0 Å². The van der Waals surface area contributed by atoms with Crippen molar-refractivity contribution in [2.75, 3.05) is 20.1 Å². The molecule has 2 N–H and O–H groups in total. The van der Waals surface area contributed by atoms with Gasteiger partial charge in [-0.2, -0.15) is 0 Å². The van der Waals surface area contributed by atoms with E-state index in [9.17, 15) is 0 Å². The van der Waals surface area contributed by atoms with Gasteiger partial charge in [0.15, 0.2) is 0 Å². The van der Waals surface area contributed by atoms with E-state index in [0.717, 1.165) is 13.1 Å². The second-order valence-corrected chi connectivity index (χ2v) is 3.31. The highest BCUT2D eigenvalue weighted by Gasteiger charge is 2.20. The van der Waals surface area contributed by atoms with Crippen molar-refractivity contribution in [2.24, 2.45) is 0 Å². The Morgan fingerprint density at radius 3 is 2.91 bits per heavy atom. The lowest BCUT2D eigenvalue weighted by Gasteiger charge is -2.24. The summed E-state index contributed by atoms with van der Waals surface area (Å²) in [6, 6.07) is 0.605. The van der Waals surface area contributed by atoms with E-state index in [1.807, 2.05) is 0 Å². The van der Waals surface area contributed by atoms with Crippen LogP contribution >= 0.6 is 0 Å². The fourth-order valence-electron chi connectivity index (χ4n) is 1.24. The summed E-state index contributed by atoms with van der Waals surface area (Å²) in [6.45, 7) is 6.67. The molecule has 1 rings (SSSR count). The highest BCUT2D eigenvalue weighted by Crippen LogP contribution is 1.98. The minimum absolute atomic E-state index is 0.393. The molecule has 0 bridgehead atoms. The van der Waals surface area contributed by atoms with Crippen LogP contribution in [-0.2, 0) is 0 Å². The molecule has 0 radical (unpaired) electrons. The summed E-state index contributed by atoms with van der Waals surface area (Å²) in [5, 5.41) is 6.88. The van der Waals surface area contributed by atoms with E-state index >= 15 is 0 Å². The SMILES string of the molecule is CCC(C)NC1NCCN1C. The van der Waals surface area contributed by atoms with E-state index in [0.29, 0.717) is 12.3 Å². The number of nitrogens with one attached hydrogen (secondary N) is 2. The predicted octanol–water partition coefficient (Wildman–Crippen LogP) is 0.193. The topological polar surface area (TPSA) is 27.3 Å². The van der Waals surface area contributed by atoms with Crippen molar-refractivity contribution in [2.45, 2.75) is 32.6 Å². The third-order valence-corrected chi connectivity index (χ3v) is 2.30. The maximum Gasteiger partial charge on any atom is 0.114 e. The summed E-state index contributed by atoms with van der Waals surface area (Å²) >= 11 is 0. The molecule has 3 heteroatoms. The summed E-state index contributed by atoms with van der Waals surface area (Å²) in [6.07, 6.45) is 1.58. The van der Waals surface area contributed by atoms with Gasteiger partial charge >= 0.3 is 0 Å². The van der Waals surface area contributed by atoms with Crippen molar-refractivity contribution in [3.63, 3.8) is 0 Å². The monoisotopic (exact) mass is 157 g/mol. The molecule has 1 heterocycles. The molecule has 1 fully saturated rings. The van der Waals surface area contributed by atoms with Gasteiger partial charge in [-0.05, 0) is 20.4 Å². The quantitative estimate of drug-likeness (QED) is 0.612. The third kappa shape index (κ3) is 2.43. The van der Waals surface area contributed by atoms with Crippen molar-refractivity contribution in [3.8, 4) is 0 Å². The van der Waals surface area contributed by atoms with Gasteiger partial charge in [-0.1, -0.05) is 6.92 Å². The van der Waals surface area contributed by atoms with Crippen LogP contribution in [0.15, 0.2) is 0 Å². The molecule has 0 aromatic rings. The lowest BCUT2D eigenvalue weighted by atomic mass is 10.3. The first-order chi connectivity index (χ1) is 5.24. The zero-order chi connectivity index (χ0) is 8.27. The predicted molar refractivity (Wildman–Crippen MR) is 47.3 cm³/mol. The van der Waals surface area contributed by atoms with Gasteiger partial charge in [0.2, 0.25) is 0 Å². The number of rotatable bonds is 3. The molecule has 0 spiro atoms. The minimum Gasteiger partial charge on any atom is -0.288 e. The number of hydrogen-bond donors (Lipinski definition) is 2. The van der Waals surface area contributed by atoms with Crippen LogP contribution in [0.4, 0.5) is 0 Å². The van der Waals surface area contributed by atoms with Crippen molar-refractivity contribution in [1.82, 2.24) is 15.5 Å². The molecule has 0 aromatic heterocycles. The highest BCUT2D eigenvalue weighted by molar-refractivity contribution is 4.74. The fourth-order valence-corrected chi connectivity index (χ4v) is 1.24. The highest BCUT2D eigenvalue weighted by atomic mass is 15.4. The molecule has 0 aromatic carbocycles. The minimum atomic E-state index is 0.393. The van der Waals surface area contributed by atoms with Crippen LogP contribution in [0.2, 0.25) is 0 Å². The zero-order valence-corrected chi connectivity index (χ0v) is 7.72. The van der Waals surface area contributed by atoms with Crippen LogP contribution < -0.4 is 10.6 Å². The van der Waals surface area contributed by atoms with Crippen LogP contribution in [0.25, 0.3) is 0 Å². The van der Waals surface area contributed by atoms with Crippen LogP contribution in [-0.4, -0.2) is 37.4 Å². The first-order valence-electron chi connectivity index (χ1n) is 4.43. The Bertz CT molecular complexity index is 116. The summed E-state index contributed by atoms with van der Waals surface area (Å²) in [4.78, 5) is 2.30. The maximum atomic E-state index is 3.49. The largest absolute Gasteiger partial charge is 0.288 e. The first kappa shape index (κ1) is 8.97. The molecule has 1 aliphatic rings. The molecule has 66 valence electrons. The van der Waals surface area contributed by atoms with Gasteiger partial charge in [-0.15, -0.1) is 0 Å². The Kier molecular flexibility index (Phi) is 3.30. The zero-order valence-electron chi connectivity index (χ0n) is 7.72. The summed E-state index contributed by atoms with van der Waals surface area (Å²) in [5.74, 6) is 0. The van der Waals surface area contributed by atoms with E-state index in [4.69, 9.17) is 0 Å². The molecule has 0 aliphatic carbocycles. The van der Waals surface area contributed by atoms with Gasteiger partial charge in [0.1, 0.15) is 6.29 Å². The fraction of sp³-hybridized carbons (Fsp3) is 1.00. The Morgan fingerprint density at radius 2 is 2.45 bits per heavy atom. The standard InChI is InChI=1S/C8H19N3/c1-4-7(2)10-8-9-5-6-11(8)3/h7-10H,4-6H2,1-3H3. The van der Waals surface area contributed by atoms with Gasteiger partial charge in [0.05, 0.1) is 0 Å². The summed E-state index contributed by atoms with van der Waals surface area (Å²) in [7, 11) is 2.14.